The van der Waals surface area contributed by atoms with Crippen LogP contribution in [0.15, 0.2) is 52.2 Å². The molecular weight excluding hydrogens is 348 g/mol. The lowest BCUT2D eigenvalue weighted by atomic mass is 10.0. The van der Waals surface area contributed by atoms with E-state index in [1.165, 1.54) is 11.8 Å². The lowest BCUT2D eigenvalue weighted by Crippen LogP contribution is -2.23. The third-order valence-electron chi connectivity index (χ3n) is 4.07. The molecule has 1 aromatic carbocycles. The Balaban J connectivity index is 1.71. The number of nitrogens with zero attached hydrogens (tertiary/aromatic N) is 3. The van der Waals surface area contributed by atoms with Crippen molar-refractivity contribution >= 4 is 23.4 Å². The standard InChI is InChI=1S/C19H22N4O2S/c1-12(2)14-8-5-6-9-15(14)20-18(24)13(3)26-19-22-21-17(23(19)4)16-10-7-11-25-16/h5-13H,1-4H3,(H,20,24). The van der Waals surface area contributed by atoms with Gasteiger partial charge in [0.05, 0.1) is 11.5 Å². The van der Waals surface area contributed by atoms with E-state index in [0.717, 1.165) is 11.3 Å². The Morgan fingerprint density at radius 2 is 1.92 bits per heavy atom. The summed E-state index contributed by atoms with van der Waals surface area (Å²) in [4.78, 5) is 12.6. The van der Waals surface area contributed by atoms with Crippen LogP contribution < -0.4 is 5.32 Å². The first-order chi connectivity index (χ1) is 12.5. The molecule has 1 amide bonds. The molecule has 0 aliphatic heterocycles. The summed E-state index contributed by atoms with van der Waals surface area (Å²) in [6, 6.07) is 11.5. The second-order valence-electron chi connectivity index (χ2n) is 6.33. The molecule has 0 fully saturated rings. The minimum Gasteiger partial charge on any atom is -0.461 e. The SMILES string of the molecule is CC(Sc1nnc(-c2ccco2)n1C)C(=O)Nc1ccccc1C(C)C. The van der Waals surface area contributed by atoms with Crippen molar-refractivity contribution in [3.63, 3.8) is 0 Å². The molecule has 3 rings (SSSR count). The van der Waals surface area contributed by atoms with Gasteiger partial charge in [-0.05, 0) is 36.6 Å². The molecule has 0 saturated heterocycles. The molecule has 0 aliphatic carbocycles. The fraction of sp³-hybridized carbons (Fsp3) is 0.316. The van der Waals surface area contributed by atoms with Gasteiger partial charge in [0.1, 0.15) is 0 Å². The van der Waals surface area contributed by atoms with Gasteiger partial charge in [-0.15, -0.1) is 10.2 Å². The van der Waals surface area contributed by atoms with Gasteiger partial charge in [0.25, 0.3) is 0 Å². The highest BCUT2D eigenvalue weighted by Crippen LogP contribution is 2.28. The number of aromatic nitrogens is 3. The van der Waals surface area contributed by atoms with Gasteiger partial charge in [0.15, 0.2) is 16.7 Å². The Morgan fingerprint density at radius 3 is 2.62 bits per heavy atom. The zero-order chi connectivity index (χ0) is 18.7. The smallest absolute Gasteiger partial charge is 0.237 e. The molecule has 0 bridgehead atoms. The van der Waals surface area contributed by atoms with Crippen molar-refractivity contribution in [2.24, 2.45) is 7.05 Å². The van der Waals surface area contributed by atoms with Crippen molar-refractivity contribution in [2.45, 2.75) is 37.1 Å². The normalized spacial score (nSPS) is 12.3. The summed E-state index contributed by atoms with van der Waals surface area (Å²) in [5.41, 5.74) is 1.98. The lowest BCUT2D eigenvalue weighted by Gasteiger charge is -2.16. The molecule has 7 heteroatoms. The maximum Gasteiger partial charge on any atom is 0.237 e. The van der Waals surface area contributed by atoms with Crippen LogP contribution in [0.1, 0.15) is 32.3 Å². The van der Waals surface area contributed by atoms with Gasteiger partial charge in [0.2, 0.25) is 5.91 Å². The predicted molar refractivity (Wildman–Crippen MR) is 103 cm³/mol. The van der Waals surface area contributed by atoms with E-state index in [9.17, 15) is 4.79 Å². The van der Waals surface area contributed by atoms with Crippen LogP contribution in [0.4, 0.5) is 5.69 Å². The number of benzene rings is 1. The van der Waals surface area contributed by atoms with E-state index in [0.29, 0.717) is 22.7 Å². The van der Waals surface area contributed by atoms with Gasteiger partial charge in [-0.1, -0.05) is 43.8 Å². The van der Waals surface area contributed by atoms with E-state index in [2.05, 4.69) is 29.4 Å². The summed E-state index contributed by atoms with van der Waals surface area (Å²) < 4.78 is 7.20. The highest BCUT2D eigenvalue weighted by Gasteiger charge is 2.21. The van der Waals surface area contributed by atoms with Gasteiger partial charge < -0.3 is 14.3 Å². The molecule has 26 heavy (non-hydrogen) atoms. The minimum absolute atomic E-state index is 0.0642. The van der Waals surface area contributed by atoms with Crippen LogP contribution in [0.25, 0.3) is 11.6 Å². The zero-order valence-corrected chi connectivity index (χ0v) is 16.1. The van der Waals surface area contributed by atoms with Crippen molar-refractivity contribution < 1.29 is 9.21 Å². The monoisotopic (exact) mass is 370 g/mol. The Bertz CT molecular complexity index is 887. The Labute approximate surface area is 157 Å². The fourth-order valence-electron chi connectivity index (χ4n) is 2.60. The summed E-state index contributed by atoms with van der Waals surface area (Å²) in [7, 11) is 1.86. The van der Waals surface area contributed by atoms with Crippen molar-refractivity contribution in [1.29, 1.82) is 0 Å². The summed E-state index contributed by atoms with van der Waals surface area (Å²) in [6.07, 6.45) is 1.60. The molecular formula is C19H22N4O2S. The maximum absolute atomic E-state index is 12.6. The quantitative estimate of drug-likeness (QED) is 0.654. The molecule has 0 aliphatic rings. The van der Waals surface area contributed by atoms with E-state index in [-0.39, 0.29) is 11.2 Å². The number of thioether (sulfide) groups is 1. The Morgan fingerprint density at radius 1 is 1.15 bits per heavy atom. The zero-order valence-electron chi connectivity index (χ0n) is 15.3. The van der Waals surface area contributed by atoms with Gasteiger partial charge in [0, 0.05) is 12.7 Å². The molecule has 2 heterocycles. The molecule has 2 aromatic heterocycles. The summed E-state index contributed by atoms with van der Waals surface area (Å²) in [5, 5.41) is 11.7. The number of anilines is 1. The number of rotatable bonds is 6. The van der Waals surface area contributed by atoms with E-state index in [4.69, 9.17) is 4.42 Å². The van der Waals surface area contributed by atoms with Crippen LogP contribution in [0.2, 0.25) is 0 Å². The molecule has 1 atom stereocenters. The number of para-hydroxylation sites is 1. The van der Waals surface area contributed by atoms with Crippen LogP contribution in [0.5, 0.6) is 0 Å². The van der Waals surface area contributed by atoms with E-state index in [1.54, 1.807) is 12.3 Å². The molecule has 6 nitrogen and oxygen atoms in total. The van der Waals surface area contributed by atoms with Gasteiger partial charge in [-0.2, -0.15) is 0 Å². The number of amides is 1. The summed E-state index contributed by atoms with van der Waals surface area (Å²) >= 11 is 1.37. The van der Waals surface area contributed by atoms with Crippen LogP contribution >= 0.6 is 11.8 Å². The molecule has 136 valence electrons. The summed E-state index contributed by atoms with van der Waals surface area (Å²) in [5.74, 6) is 1.56. The first kappa shape index (κ1) is 18.3. The average Bonchev–Trinajstić information content (AvgIpc) is 3.25. The van der Waals surface area contributed by atoms with Gasteiger partial charge in [-0.3, -0.25) is 4.79 Å². The lowest BCUT2D eigenvalue weighted by molar-refractivity contribution is -0.115. The largest absolute Gasteiger partial charge is 0.461 e. The van der Waals surface area contributed by atoms with Gasteiger partial charge in [-0.25, -0.2) is 0 Å². The van der Waals surface area contributed by atoms with E-state index < -0.39 is 0 Å². The highest BCUT2D eigenvalue weighted by molar-refractivity contribution is 8.00. The van der Waals surface area contributed by atoms with Crippen molar-refractivity contribution in [3.8, 4) is 11.6 Å². The molecule has 1 unspecified atom stereocenters. The first-order valence-corrected chi connectivity index (χ1v) is 9.35. The first-order valence-electron chi connectivity index (χ1n) is 8.47. The topological polar surface area (TPSA) is 73.0 Å². The van der Waals surface area contributed by atoms with Crippen molar-refractivity contribution in [3.05, 3.63) is 48.2 Å². The third-order valence-corrected chi connectivity index (χ3v) is 5.20. The number of furan rings is 1. The molecule has 1 N–H and O–H groups in total. The van der Waals surface area contributed by atoms with E-state index >= 15 is 0 Å². The fourth-order valence-corrected chi connectivity index (χ4v) is 3.41. The van der Waals surface area contributed by atoms with E-state index in [1.807, 2.05) is 48.9 Å². The van der Waals surface area contributed by atoms with Crippen LogP contribution in [-0.4, -0.2) is 25.9 Å². The average molecular weight is 370 g/mol. The number of nitrogens with one attached hydrogen (secondary N) is 1. The predicted octanol–water partition coefficient (Wildman–Crippen LogP) is 4.32. The second-order valence-corrected chi connectivity index (χ2v) is 7.64. The van der Waals surface area contributed by atoms with Crippen molar-refractivity contribution in [2.75, 3.05) is 5.32 Å². The maximum atomic E-state index is 12.6. The molecule has 0 saturated carbocycles. The highest BCUT2D eigenvalue weighted by atomic mass is 32.2. The summed E-state index contributed by atoms with van der Waals surface area (Å²) in [6.45, 7) is 6.08. The van der Waals surface area contributed by atoms with Crippen LogP contribution in [0.3, 0.4) is 0 Å². The van der Waals surface area contributed by atoms with Crippen LogP contribution in [0, 0.1) is 0 Å². The number of hydrogen-bond acceptors (Lipinski definition) is 5. The number of carbonyl (C=O) groups excluding carboxylic acids is 1. The molecule has 0 spiro atoms. The number of carbonyl (C=O) groups is 1. The minimum atomic E-state index is -0.317. The van der Waals surface area contributed by atoms with Crippen molar-refractivity contribution in [1.82, 2.24) is 14.8 Å². The second kappa shape index (κ2) is 7.78. The Kier molecular flexibility index (Phi) is 5.46. The third kappa shape index (κ3) is 3.83. The van der Waals surface area contributed by atoms with Gasteiger partial charge >= 0.3 is 0 Å². The van der Waals surface area contributed by atoms with Crippen LogP contribution in [-0.2, 0) is 11.8 Å². The Hall–Kier alpha value is -2.54. The molecule has 3 aromatic rings. The molecule has 0 radical (unpaired) electrons. The number of hydrogen-bond donors (Lipinski definition) is 1.